The summed E-state index contributed by atoms with van der Waals surface area (Å²) in [7, 11) is 0. The molecule has 0 aliphatic carbocycles. The topological polar surface area (TPSA) is 123 Å². The number of carbonyl (C=O) groups is 2. The van der Waals surface area contributed by atoms with Crippen LogP contribution in [0, 0.1) is 5.41 Å². The predicted molar refractivity (Wildman–Crippen MR) is 95.0 cm³/mol. The van der Waals surface area contributed by atoms with Crippen LogP contribution in [0.4, 0.5) is 0 Å². The summed E-state index contributed by atoms with van der Waals surface area (Å²) >= 11 is 0. The number of carbonyl (C=O) groups excluding carboxylic acids is 2. The smallest absolute Gasteiger partial charge is 0.235 e. The lowest BCUT2D eigenvalue weighted by Crippen LogP contribution is -2.47. The van der Waals surface area contributed by atoms with Crippen molar-refractivity contribution in [2.45, 2.75) is 33.2 Å². The van der Waals surface area contributed by atoms with Crippen molar-refractivity contribution in [3.05, 3.63) is 35.9 Å². The Bertz CT molecular complexity index is 566. The molecule has 0 atom stereocenters. The SMILES string of the molecule is CC(C)(C(=O)NCCCCN=C(N)N)C(=O)NCc1ccccc1. The van der Waals surface area contributed by atoms with E-state index in [0.717, 1.165) is 18.4 Å². The van der Waals surface area contributed by atoms with E-state index in [1.165, 1.54) is 0 Å². The first kappa shape index (κ1) is 19.5. The van der Waals surface area contributed by atoms with Crippen LogP contribution in [0.1, 0.15) is 32.3 Å². The van der Waals surface area contributed by atoms with E-state index in [1.807, 2.05) is 30.3 Å². The van der Waals surface area contributed by atoms with Gasteiger partial charge in [-0.1, -0.05) is 30.3 Å². The van der Waals surface area contributed by atoms with Crippen molar-refractivity contribution in [3.8, 4) is 0 Å². The van der Waals surface area contributed by atoms with E-state index >= 15 is 0 Å². The summed E-state index contributed by atoms with van der Waals surface area (Å²) in [6, 6.07) is 9.56. The van der Waals surface area contributed by atoms with Gasteiger partial charge >= 0.3 is 0 Å². The molecule has 0 saturated heterocycles. The fourth-order valence-corrected chi connectivity index (χ4v) is 1.97. The number of benzene rings is 1. The molecule has 0 saturated carbocycles. The summed E-state index contributed by atoms with van der Waals surface area (Å²) in [6.45, 7) is 4.63. The lowest BCUT2D eigenvalue weighted by Gasteiger charge is -2.22. The summed E-state index contributed by atoms with van der Waals surface area (Å²) in [5.41, 5.74) is 10.3. The highest BCUT2D eigenvalue weighted by Crippen LogP contribution is 2.15. The minimum atomic E-state index is -1.13. The molecule has 24 heavy (non-hydrogen) atoms. The molecule has 0 heterocycles. The van der Waals surface area contributed by atoms with Crippen LogP contribution >= 0.6 is 0 Å². The van der Waals surface area contributed by atoms with Crippen LogP contribution in [-0.4, -0.2) is 30.9 Å². The fraction of sp³-hybridized carbons (Fsp3) is 0.471. The van der Waals surface area contributed by atoms with Crippen molar-refractivity contribution < 1.29 is 9.59 Å². The van der Waals surface area contributed by atoms with Gasteiger partial charge in [0.1, 0.15) is 5.41 Å². The zero-order valence-corrected chi connectivity index (χ0v) is 14.3. The highest BCUT2D eigenvalue weighted by Gasteiger charge is 2.35. The highest BCUT2D eigenvalue weighted by atomic mass is 16.2. The van der Waals surface area contributed by atoms with Crippen molar-refractivity contribution >= 4 is 17.8 Å². The number of rotatable bonds is 9. The van der Waals surface area contributed by atoms with Gasteiger partial charge in [0.25, 0.3) is 0 Å². The van der Waals surface area contributed by atoms with Gasteiger partial charge in [-0.2, -0.15) is 0 Å². The summed E-state index contributed by atoms with van der Waals surface area (Å²) in [4.78, 5) is 28.4. The zero-order valence-electron chi connectivity index (χ0n) is 14.3. The maximum Gasteiger partial charge on any atom is 0.235 e. The number of aliphatic imine (C=N–C) groups is 1. The molecule has 1 rings (SSSR count). The van der Waals surface area contributed by atoms with Crippen LogP contribution in [0.25, 0.3) is 0 Å². The van der Waals surface area contributed by atoms with E-state index in [2.05, 4.69) is 15.6 Å². The largest absolute Gasteiger partial charge is 0.370 e. The normalized spacial score (nSPS) is 10.8. The van der Waals surface area contributed by atoms with Crippen molar-refractivity contribution in [1.82, 2.24) is 10.6 Å². The standard InChI is InChI=1S/C17H27N5O2/c1-17(2,14(23)20-10-6-7-11-21-16(18)19)15(24)22-12-13-8-4-3-5-9-13/h3-5,8-9H,6-7,10-12H2,1-2H3,(H,20,23)(H,22,24)(H4,18,19,21). The second-order valence-corrected chi connectivity index (χ2v) is 6.06. The molecule has 0 radical (unpaired) electrons. The molecular formula is C17H27N5O2. The molecule has 0 bridgehead atoms. The zero-order chi connectivity index (χ0) is 18.0. The Kier molecular flexibility index (Phi) is 7.74. The lowest BCUT2D eigenvalue weighted by atomic mass is 9.91. The van der Waals surface area contributed by atoms with Gasteiger partial charge in [-0.15, -0.1) is 0 Å². The average Bonchev–Trinajstić information content (AvgIpc) is 2.56. The molecule has 1 aromatic carbocycles. The molecule has 132 valence electrons. The fourth-order valence-electron chi connectivity index (χ4n) is 1.97. The van der Waals surface area contributed by atoms with E-state index in [0.29, 0.717) is 19.6 Å². The van der Waals surface area contributed by atoms with Gasteiger partial charge in [0.05, 0.1) is 0 Å². The summed E-state index contributed by atoms with van der Waals surface area (Å²) in [6.07, 6.45) is 1.50. The van der Waals surface area contributed by atoms with E-state index in [-0.39, 0.29) is 17.8 Å². The minimum absolute atomic E-state index is 0.0651. The lowest BCUT2D eigenvalue weighted by molar-refractivity contribution is -0.141. The van der Waals surface area contributed by atoms with Crippen LogP contribution in [0.3, 0.4) is 0 Å². The van der Waals surface area contributed by atoms with E-state index in [1.54, 1.807) is 13.8 Å². The molecule has 1 aromatic rings. The number of nitrogens with zero attached hydrogens (tertiary/aromatic N) is 1. The molecular weight excluding hydrogens is 306 g/mol. The van der Waals surface area contributed by atoms with E-state index < -0.39 is 5.41 Å². The Morgan fingerprint density at radius 1 is 1.04 bits per heavy atom. The van der Waals surface area contributed by atoms with Crippen molar-refractivity contribution in [1.29, 1.82) is 0 Å². The molecule has 7 heteroatoms. The van der Waals surface area contributed by atoms with Gasteiger partial charge in [0, 0.05) is 19.6 Å². The molecule has 2 amide bonds. The summed E-state index contributed by atoms with van der Waals surface area (Å²) < 4.78 is 0. The van der Waals surface area contributed by atoms with Gasteiger partial charge in [-0.25, -0.2) is 0 Å². The Hall–Kier alpha value is -2.57. The third kappa shape index (κ3) is 6.68. The van der Waals surface area contributed by atoms with Gasteiger partial charge in [0.15, 0.2) is 5.96 Å². The first-order valence-electron chi connectivity index (χ1n) is 8.00. The second-order valence-electron chi connectivity index (χ2n) is 6.06. The monoisotopic (exact) mass is 333 g/mol. The van der Waals surface area contributed by atoms with Gasteiger partial charge < -0.3 is 22.1 Å². The molecule has 6 N–H and O–H groups in total. The predicted octanol–water partition coefficient (Wildman–Crippen LogP) is 0.499. The van der Waals surface area contributed by atoms with Gasteiger partial charge in [0.2, 0.25) is 11.8 Å². The van der Waals surface area contributed by atoms with E-state index in [4.69, 9.17) is 11.5 Å². The molecule has 0 spiro atoms. The highest BCUT2D eigenvalue weighted by molar-refractivity contribution is 6.04. The Morgan fingerprint density at radius 2 is 1.67 bits per heavy atom. The number of hydrogen-bond donors (Lipinski definition) is 4. The molecule has 0 aliphatic heterocycles. The summed E-state index contributed by atoms with van der Waals surface area (Å²) in [5, 5.41) is 5.58. The van der Waals surface area contributed by atoms with Crippen LogP contribution in [0.5, 0.6) is 0 Å². The Balaban J connectivity index is 2.35. The molecule has 0 fully saturated rings. The number of unbranched alkanes of at least 4 members (excludes halogenated alkanes) is 1. The van der Waals surface area contributed by atoms with Crippen LogP contribution in [0.2, 0.25) is 0 Å². The molecule has 0 aromatic heterocycles. The molecule has 0 unspecified atom stereocenters. The maximum absolute atomic E-state index is 12.3. The van der Waals surface area contributed by atoms with Crippen molar-refractivity contribution in [3.63, 3.8) is 0 Å². The number of nitrogens with one attached hydrogen (secondary N) is 2. The van der Waals surface area contributed by atoms with Crippen LogP contribution in [0.15, 0.2) is 35.3 Å². The average molecular weight is 333 g/mol. The molecule has 7 nitrogen and oxygen atoms in total. The number of amides is 2. The van der Waals surface area contributed by atoms with Crippen LogP contribution < -0.4 is 22.1 Å². The number of guanidine groups is 1. The third-order valence-electron chi connectivity index (χ3n) is 3.60. The van der Waals surface area contributed by atoms with Crippen LogP contribution in [-0.2, 0) is 16.1 Å². The van der Waals surface area contributed by atoms with Crippen molar-refractivity contribution in [2.75, 3.05) is 13.1 Å². The first-order valence-corrected chi connectivity index (χ1v) is 8.00. The quantitative estimate of drug-likeness (QED) is 0.227. The second kappa shape index (κ2) is 9.54. The number of hydrogen-bond acceptors (Lipinski definition) is 3. The van der Waals surface area contributed by atoms with Crippen molar-refractivity contribution in [2.24, 2.45) is 21.9 Å². The maximum atomic E-state index is 12.3. The Morgan fingerprint density at radius 3 is 2.29 bits per heavy atom. The third-order valence-corrected chi connectivity index (χ3v) is 3.60. The first-order chi connectivity index (χ1) is 11.3. The molecule has 0 aliphatic rings. The van der Waals surface area contributed by atoms with Gasteiger partial charge in [-0.3, -0.25) is 14.6 Å². The summed E-state index contributed by atoms with van der Waals surface area (Å²) in [5.74, 6) is -0.533. The number of nitrogens with two attached hydrogens (primary N) is 2. The van der Waals surface area contributed by atoms with E-state index in [9.17, 15) is 9.59 Å². The Labute approximate surface area is 142 Å². The van der Waals surface area contributed by atoms with Gasteiger partial charge in [-0.05, 0) is 32.3 Å². The minimum Gasteiger partial charge on any atom is -0.370 e.